The van der Waals surface area contributed by atoms with E-state index in [0.717, 1.165) is 5.56 Å². The first-order chi connectivity index (χ1) is 15.7. The van der Waals surface area contributed by atoms with Gasteiger partial charge in [0.25, 0.3) is 0 Å². The fourth-order valence-corrected chi connectivity index (χ4v) is 3.30. The van der Waals surface area contributed by atoms with Crippen molar-refractivity contribution in [3.63, 3.8) is 0 Å². The Kier molecular flexibility index (Phi) is 5.23. The molecule has 0 amide bonds. The van der Waals surface area contributed by atoms with Crippen molar-refractivity contribution >= 4 is 46.8 Å². The summed E-state index contributed by atoms with van der Waals surface area (Å²) in [6.07, 6.45) is 3.54. The van der Waals surface area contributed by atoms with Crippen molar-refractivity contribution in [3.8, 4) is 17.1 Å². The van der Waals surface area contributed by atoms with E-state index in [-0.39, 0.29) is 17.7 Å². The molecule has 0 saturated carbocycles. The number of halogens is 1. The van der Waals surface area contributed by atoms with Crippen LogP contribution in [0.15, 0.2) is 77.2 Å². The van der Waals surface area contributed by atoms with Gasteiger partial charge in [0.05, 0.1) is 5.56 Å². The average molecular weight is 442 g/mol. The van der Waals surface area contributed by atoms with Crippen molar-refractivity contribution in [2.24, 2.45) is 0 Å². The van der Waals surface area contributed by atoms with Gasteiger partial charge in [-0.25, -0.2) is 4.98 Å². The van der Waals surface area contributed by atoms with Crippen molar-refractivity contribution in [2.75, 3.05) is 5.32 Å². The van der Waals surface area contributed by atoms with Crippen LogP contribution in [0.1, 0.15) is 11.4 Å². The molecular formula is C24H16ClN5O2. The number of nitrogens with one attached hydrogen (secondary N) is 1. The van der Waals surface area contributed by atoms with E-state index in [1.165, 1.54) is 0 Å². The smallest absolute Gasteiger partial charge is 0.302 e. The Bertz CT molecular complexity index is 1410. The molecule has 8 heteroatoms. The summed E-state index contributed by atoms with van der Waals surface area (Å²) >= 11 is 6.25. The summed E-state index contributed by atoms with van der Waals surface area (Å²) in [6.45, 7) is 0. The molecule has 156 valence electrons. The predicted octanol–water partition coefficient (Wildman–Crippen LogP) is 5.95. The summed E-state index contributed by atoms with van der Waals surface area (Å²) in [5.74, 6) is 0.962. The Morgan fingerprint density at radius 3 is 2.44 bits per heavy atom. The van der Waals surface area contributed by atoms with Crippen LogP contribution >= 0.6 is 11.6 Å². The minimum absolute atomic E-state index is 0.0625. The highest BCUT2D eigenvalue weighted by Gasteiger charge is 2.13. The number of para-hydroxylation sites is 3. The van der Waals surface area contributed by atoms with Crippen LogP contribution in [0.5, 0.6) is 5.75 Å². The number of aromatic hydroxyl groups is 1. The van der Waals surface area contributed by atoms with Crippen molar-refractivity contribution in [2.45, 2.75) is 0 Å². The maximum atomic E-state index is 10.3. The lowest BCUT2D eigenvalue weighted by Gasteiger charge is -2.07. The van der Waals surface area contributed by atoms with Crippen LogP contribution in [0.2, 0.25) is 5.02 Å². The molecule has 0 aliphatic carbocycles. The van der Waals surface area contributed by atoms with E-state index in [9.17, 15) is 5.11 Å². The molecule has 0 atom stereocenters. The van der Waals surface area contributed by atoms with Crippen LogP contribution < -0.4 is 5.32 Å². The van der Waals surface area contributed by atoms with Crippen LogP contribution in [-0.4, -0.2) is 25.0 Å². The van der Waals surface area contributed by atoms with Crippen LogP contribution in [0.3, 0.4) is 0 Å². The van der Waals surface area contributed by atoms with E-state index in [2.05, 4.69) is 25.3 Å². The zero-order chi connectivity index (χ0) is 21.9. The number of anilines is 2. The number of hydrogen-bond donors (Lipinski definition) is 2. The van der Waals surface area contributed by atoms with Gasteiger partial charge in [0.1, 0.15) is 11.3 Å². The molecule has 0 bridgehead atoms. The Balaban J connectivity index is 1.56. The van der Waals surface area contributed by atoms with E-state index in [0.29, 0.717) is 33.3 Å². The highest BCUT2D eigenvalue weighted by atomic mass is 35.5. The molecule has 0 unspecified atom stereocenters. The first-order valence-corrected chi connectivity index (χ1v) is 10.1. The highest BCUT2D eigenvalue weighted by Crippen LogP contribution is 2.28. The molecular weight excluding hydrogens is 426 g/mol. The van der Waals surface area contributed by atoms with Crippen molar-refractivity contribution < 1.29 is 9.52 Å². The largest absolute Gasteiger partial charge is 0.507 e. The molecule has 2 N–H and O–H groups in total. The Morgan fingerprint density at radius 2 is 1.59 bits per heavy atom. The van der Waals surface area contributed by atoms with Gasteiger partial charge in [0.2, 0.25) is 5.95 Å². The third-order valence-electron chi connectivity index (χ3n) is 4.63. The molecule has 0 radical (unpaired) electrons. The van der Waals surface area contributed by atoms with Crippen molar-refractivity contribution in [1.82, 2.24) is 19.9 Å². The molecule has 2 heterocycles. The quantitative estimate of drug-likeness (QED) is 0.347. The van der Waals surface area contributed by atoms with Gasteiger partial charge in [0.15, 0.2) is 17.2 Å². The number of phenols is 1. The number of aromatic nitrogens is 4. The second kappa shape index (κ2) is 8.49. The number of nitrogens with zero attached hydrogens (tertiary/aromatic N) is 4. The average Bonchev–Trinajstić information content (AvgIpc) is 3.21. The Labute approximate surface area is 188 Å². The Hall–Kier alpha value is -4.23. The lowest BCUT2D eigenvalue weighted by Crippen LogP contribution is -2.03. The Morgan fingerprint density at radius 1 is 0.812 bits per heavy atom. The topological polar surface area (TPSA) is 97.0 Å². The third kappa shape index (κ3) is 4.14. The fraction of sp³-hybridized carbons (Fsp3) is 0. The maximum absolute atomic E-state index is 10.3. The number of benzene rings is 3. The standard InChI is InChI=1S/C24H16ClN5O2/c25-17-9-3-1-7-15(17)13-14-21-27-22(16-8-2-5-11-19(16)31)29-23(28-21)30-24-26-18-10-4-6-12-20(18)32-24/h1-14,31H,(H,26,27,28,29,30)/b14-13+. The van der Waals surface area contributed by atoms with Crippen LogP contribution in [0.4, 0.5) is 12.0 Å². The molecule has 3 aromatic carbocycles. The van der Waals surface area contributed by atoms with E-state index >= 15 is 0 Å². The number of phenolic OH excluding ortho intramolecular Hbond substituents is 1. The SMILES string of the molecule is Oc1ccccc1-c1nc(/C=C/c2ccccc2Cl)nc(Nc2nc3ccccc3o2)n1. The van der Waals surface area contributed by atoms with E-state index in [1.807, 2.05) is 54.6 Å². The second-order valence-corrected chi connectivity index (χ2v) is 7.23. The summed E-state index contributed by atoms with van der Waals surface area (Å²) < 4.78 is 5.72. The van der Waals surface area contributed by atoms with Gasteiger partial charge in [-0.05, 0) is 48.0 Å². The first-order valence-electron chi connectivity index (χ1n) is 9.75. The summed E-state index contributed by atoms with van der Waals surface area (Å²) in [7, 11) is 0. The van der Waals surface area contributed by atoms with E-state index in [4.69, 9.17) is 16.0 Å². The van der Waals surface area contributed by atoms with Gasteiger partial charge in [-0.15, -0.1) is 0 Å². The van der Waals surface area contributed by atoms with E-state index in [1.54, 1.807) is 30.3 Å². The zero-order valence-corrected chi connectivity index (χ0v) is 17.4. The number of fused-ring (bicyclic) bond motifs is 1. The van der Waals surface area contributed by atoms with Crippen molar-refractivity contribution in [3.05, 3.63) is 89.2 Å². The lowest BCUT2D eigenvalue weighted by atomic mass is 10.2. The summed E-state index contributed by atoms with van der Waals surface area (Å²) in [6, 6.07) is 22.0. The summed E-state index contributed by atoms with van der Waals surface area (Å²) in [4.78, 5) is 17.8. The molecule has 0 fully saturated rings. The highest BCUT2D eigenvalue weighted by molar-refractivity contribution is 6.32. The maximum Gasteiger partial charge on any atom is 0.302 e. The van der Waals surface area contributed by atoms with Crippen molar-refractivity contribution in [1.29, 1.82) is 0 Å². The molecule has 7 nitrogen and oxygen atoms in total. The molecule has 0 aliphatic rings. The fourth-order valence-electron chi connectivity index (χ4n) is 3.10. The number of rotatable bonds is 5. The van der Waals surface area contributed by atoms with Gasteiger partial charge >= 0.3 is 6.01 Å². The molecule has 0 spiro atoms. The first kappa shape index (κ1) is 19.7. The molecule has 2 aromatic heterocycles. The molecule has 32 heavy (non-hydrogen) atoms. The third-order valence-corrected chi connectivity index (χ3v) is 4.97. The number of oxazole rings is 1. The van der Waals surface area contributed by atoms with Gasteiger partial charge in [-0.2, -0.15) is 15.0 Å². The van der Waals surface area contributed by atoms with E-state index < -0.39 is 0 Å². The van der Waals surface area contributed by atoms with Gasteiger partial charge < -0.3 is 9.52 Å². The molecule has 0 saturated heterocycles. The minimum Gasteiger partial charge on any atom is -0.507 e. The summed E-state index contributed by atoms with van der Waals surface area (Å²) in [5.41, 5.74) is 2.66. The summed E-state index contributed by atoms with van der Waals surface area (Å²) in [5, 5.41) is 13.9. The minimum atomic E-state index is 0.0625. The predicted molar refractivity (Wildman–Crippen MR) is 125 cm³/mol. The van der Waals surface area contributed by atoms with Crippen LogP contribution in [-0.2, 0) is 0 Å². The monoisotopic (exact) mass is 441 g/mol. The van der Waals surface area contributed by atoms with Gasteiger partial charge in [0, 0.05) is 5.02 Å². The molecule has 5 aromatic rings. The lowest BCUT2D eigenvalue weighted by molar-refractivity contribution is 0.477. The van der Waals surface area contributed by atoms with Gasteiger partial charge in [-0.1, -0.05) is 54.1 Å². The zero-order valence-electron chi connectivity index (χ0n) is 16.6. The second-order valence-electron chi connectivity index (χ2n) is 6.82. The molecule has 5 rings (SSSR count). The van der Waals surface area contributed by atoms with Crippen LogP contribution in [0, 0.1) is 0 Å². The van der Waals surface area contributed by atoms with Crippen LogP contribution in [0.25, 0.3) is 34.6 Å². The van der Waals surface area contributed by atoms with Gasteiger partial charge in [-0.3, -0.25) is 5.32 Å². The normalized spacial score (nSPS) is 11.3. The number of hydrogen-bond acceptors (Lipinski definition) is 7. The molecule has 0 aliphatic heterocycles.